The minimum Gasteiger partial charge on any atom is -0.493 e. The van der Waals surface area contributed by atoms with Gasteiger partial charge in [-0.05, 0) is 49.4 Å². The zero-order chi connectivity index (χ0) is 23.3. The fourth-order valence-electron chi connectivity index (χ4n) is 3.28. The van der Waals surface area contributed by atoms with Crippen LogP contribution < -0.4 is 20.3 Å². The average Bonchev–Trinajstić information content (AvgIpc) is 3.04. The normalized spacial score (nSPS) is 11.2. The number of methoxy groups -OCH3 is 1. The Bertz CT molecular complexity index is 1150. The van der Waals surface area contributed by atoms with Gasteiger partial charge >= 0.3 is 0 Å². The van der Waals surface area contributed by atoms with Crippen LogP contribution in [0.2, 0.25) is 0 Å². The lowest BCUT2D eigenvalue weighted by Crippen LogP contribution is -2.23. The zero-order valence-corrected chi connectivity index (χ0v) is 20.1. The lowest BCUT2D eigenvalue weighted by Gasteiger charge is -2.13. The highest BCUT2D eigenvalue weighted by atomic mass is 32.1. The Balaban J connectivity index is 1.54. The summed E-state index contributed by atoms with van der Waals surface area (Å²) in [4.78, 5) is 33.8. The van der Waals surface area contributed by atoms with Crippen LogP contribution in [0.1, 0.15) is 48.5 Å². The fraction of sp³-hybridized carbons (Fsp3) is 0.458. The lowest BCUT2D eigenvalue weighted by molar-refractivity contribution is -0.121. The van der Waals surface area contributed by atoms with E-state index in [1.807, 2.05) is 32.0 Å². The molecule has 0 aliphatic heterocycles. The van der Waals surface area contributed by atoms with Gasteiger partial charge in [0.15, 0.2) is 11.5 Å². The molecule has 1 aromatic carbocycles. The summed E-state index contributed by atoms with van der Waals surface area (Å²) in [5.41, 5.74) is 1.74. The number of carbonyl (C=O) groups excluding carboxylic acids is 1. The molecular formula is C24H31N3O4S. The van der Waals surface area contributed by atoms with E-state index in [1.165, 1.54) is 11.3 Å². The Morgan fingerprint density at radius 1 is 1.25 bits per heavy atom. The van der Waals surface area contributed by atoms with E-state index in [-0.39, 0.29) is 17.9 Å². The SMILES string of the molecule is COc1cc(CNC(=O)CCc2nc3sc(C)c(C)c3c(=O)[nH]2)ccc1OCCC(C)C. The molecule has 2 aromatic heterocycles. The van der Waals surface area contributed by atoms with Crippen molar-refractivity contribution in [1.82, 2.24) is 15.3 Å². The van der Waals surface area contributed by atoms with Gasteiger partial charge in [0, 0.05) is 24.3 Å². The summed E-state index contributed by atoms with van der Waals surface area (Å²) >= 11 is 1.51. The first-order chi connectivity index (χ1) is 15.3. The average molecular weight is 458 g/mol. The van der Waals surface area contributed by atoms with Crippen LogP contribution in [0.5, 0.6) is 11.5 Å². The number of ether oxygens (including phenoxy) is 2. The summed E-state index contributed by atoms with van der Waals surface area (Å²) in [6.07, 6.45) is 1.59. The molecule has 32 heavy (non-hydrogen) atoms. The first kappa shape index (κ1) is 23.8. The molecule has 2 N–H and O–H groups in total. The van der Waals surface area contributed by atoms with Crippen molar-refractivity contribution in [2.75, 3.05) is 13.7 Å². The third kappa shape index (κ3) is 5.88. The molecule has 2 heterocycles. The van der Waals surface area contributed by atoms with Crippen LogP contribution in [0.25, 0.3) is 10.2 Å². The van der Waals surface area contributed by atoms with E-state index in [0.717, 1.165) is 27.3 Å². The van der Waals surface area contributed by atoms with Gasteiger partial charge in [0.05, 0.1) is 19.1 Å². The standard InChI is InChI=1S/C24H31N3O4S/c1-14(2)10-11-31-18-7-6-17(12-19(18)30-5)13-25-21(28)9-8-20-26-23(29)22-15(3)16(4)32-24(22)27-20/h6-7,12,14H,8-11,13H2,1-5H3,(H,25,28)(H,26,27,29). The first-order valence-corrected chi connectivity index (χ1v) is 11.7. The molecule has 172 valence electrons. The number of fused-ring (bicyclic) bond motifs is 1. The number of thiophene rings is 1. The van der Waals surface area contributed by atoms with Crippen LogP contribution in [0.15, 0.2) is 23.0 Å². The molecule has 0 saturated heterocycles. The molecule has 3 aromatic rings. The second-order valence-corrected chi connectivity index (χ2v) is 9.47. The van der Waals surface area contributed by atoms with E-state index in [0.29, 0.717) is 48.2 Å². The number of nitrogens with one attached hydrogen (secondary N) is 2. The van der Waals surface area contributed by atoms with Crippen molar-refractivity contribution in [3.05, 3.63) is 50.4 Å². The molecule has 7 nitrogen and oxygen atoms in total. The van der Waals surface area contributed by atoms with Crippen LogP contribution in [0.3, 0.4) is 0 Å². The summed E-state index contributed by atoms with van der Waals surface area (Å²) < 4.78 is 11.2. The monoisotopic (exact) mass is 457 g/mol. The van der Waals surface area contributed by atoms with Gasteiger partial charge in [-0.1, -0.05) is 19.9 Å². The maximum atomic E-state index is 12.4. The molecule has 1 amide bonds. The molecule has 0 bridgehead atoms. The number of aryl methyl sites for hydroxylation is 3. The summed E-state index contributed by atoms with van der Waals surface area (Å²) in [5, 5.41) is 3.56. The van der Waals surface area contributed by atoms with Gasteiger partial charge in [-0.25, -0.2) is 4.98 Å². The number of hydrogen-bond acceptors (Lipinski definition) is 6. The van der Waals surface area contributed by atoms with Crippen molar-refractivity contribution in [3.63, 3.8) is 0 Å². The number of aromatic nitrogens is 2. The van der Waals surface area contributed by atoms with Crippen molar-refractivity contribution in [1.29, 1.82) is 0 Å². The fourth-order valence-corrected chi connectivity index (χ4v) is 4.33. The maximum Gasteiger partial charge on any atom is 0.259 e. The van der Waals surface area contributed by atoms with Crippen LogP contribution in [0.4, 0.5) is 0 Å². The number of amides is 1. The largest absolute Gasteiger partial charge is 0.493 e. The molecule has 0 atom stereocenters. The molecule has 3 rings (SSSR count). The van der Waals surface area contributed by atoms with Gasteiger partial charge < -0.3 is 19.8 Å². The Labute approximate surface area is 192 Å². The number of carbonyl (C=O) groups is 1. The second-order valence-electron chi connectivity index (χ2n) is 8.27. The van der Waals surface area contributed by atoms with Crippen LogP contribution in [-0.2, 0) is 17.8 Å². The van der Waals surface area contributed by atoms with E-state index in [2.05, 4.69) is 29.1 Å². The van der Waals surface area contributed by atoms with Crippen LogP contribution in [-0.4, -0.2) is 29.6 Å². The summed E-state index contributed by atoms with van der Waals surface area (Å²) in [7, 11) is 1.61. The third-order valence-electron chi connectivity index (χ3n) is 5.35. The Kier molecular flexibility index (Phi) is 7.90. The molecule has 0 fully saturated rings. The van der Waals surface area contributed by atoms with Gasteiger partial charge in [-0.2, -0.15) is 0 Å². The highest BCUT2D eigenvalue weighted by Gasteiger charge is 2.13. The molecule has 0 saturated carbocycles. The second kappa shape index (κ2) is 10.6. The van der Waals surface area contributed by atoms with Gasteiger partial charge in [0.2, 0.25) is 5.91 Å². The first-order valence-electron chi connectivity index (χ1n) is 10.8. The van der Waals surface area contributed by atoms with Crippen molar-refractivity contribution < 1.29 is 14.3 Å². The maximum absolute atomic E-state index is 12.4. The molecule has 0 aliphatic carbocycles. The van der Waals surface area contributed by atoms with E-state index in [9.17, 15) is 9.59 Å². The Morgan fingerprint density at radius 2 is 2.03 bits per heavy atom. The highest BCUT2D eigenvalue weighted by Crippen LogP contribution is 2.28. The van der Waals surface area contributed by atoms with E-state index >= 15 is 0 Å². The molecular weight excluding hydrogens is 426 g/mol. The van der Waals surface area contributed by atoms with Crippen LogP contribution >= 0.6 is 11.3 Å². The van der Waals surface area contributed by atoms with E-state index in [1.54, 1.807) is 7.11 Å². The number of aromatic amines is 1. The van der Waals surface area contributed by atoms with Crippen molar-refractivity contribution >= 4 is 27.5 Å². The molecule has 0 radical (unpaired) electrons. The van der Waals surface area contributed by atoms with E-state index in [4.69, 9.17) is 9.47 Å². The van der Waals surface area contributed by atoms with E-state index < -0.39 is 0 Å². The lowest BCUT2D eigenvalue weighted by atomic mass is 10.1. The predicted molar refractivity (Wildman–Crippen MR) is 128 cm³/mol. The number of rotatable bonds is 10. The zero-order valence-electron chi connectivity index (χ0n) is 19.3. The number of hydrogen-bond donors (Lipinski definition) is 2. The van der Waals surface area contributed by atoms with Crippen LogP contribution in [0, 0.1) is 19.8 Å². The Morgan fingerprint density at radius 3 is 2.75 bits per heavy atom. The summed E-state index contributed by atoms with van der Waals surface area (Å²) in [6.45, 7) is 9.24. The summed E-state index contributed by atoms with van der Waals surface area (Å²) in [6, 6.07) is 5.66. The number of nitrogens with zero attached hydrogens (tertiary/aromatic N) is 1. The van der Waals surface area contributed by atoms with Crippen molar-refractivity contribution in [2.24, 2.45) is 5.92 Å². The van der Waals surface area contributed by atoms with Crippen molar-refractivity contribution in [3.8, 4) is 11.5 Å². The summed E-state index contributed by atoms with van der Waals surface area (Å²) in [5.74, 6) is 2.35. The van der Waals surface area contributed by atoms with Gasteiger partial charge in [-0.3, -0.25) is 9.59 Å². The quantitative estimate of drug-likeness (QED) is 0.474. The molecule has 0 aliphatic rings. The van der Waals surface area contributed by atoms with Gasteiger partial charge in [0.25, 0.3) is 5.56 Å². The highest BCUT2D eigenvalue weighted by molar-refractivity contribution is 7.18. The minimum atomic E-state index is -0.143. The number of H-pyrrole nitrogens is 1. The van der Waals surface area contributed by atoms with Crippen molar-refractivity contribution in [2.45, 2.75) is 53.5 Å². The van der Waals surface area contributed by atoms with Gasteiger partial charge in [-0.15, -0.1) is 11.3 Å². The number of benzene rings is 1. The topological polar surface area (TPSA) is 93.3 Å². The third-order valence-corrected chi connectivity index (χ3v) is 6.45. The van der Waals surface area contributed by atoms with Gasteiger partial charge in [0.1, 0.15) is 10.7 Å². The minimum absolute atomic E-state index is 0.109. The molecule has 0 unspecified atom stereocenters. The predicted octanol–water partition coefficient (Wildman–Crippen LogP) is 4.28. The smallest absolute Gasteiger partial charge is 0.259 e. The Hall–Kier alpha value is -2.87. The molecule has 8 heteroatoms. The molecule has 0 spiro atoms.